The van der Waals surface area contributed by atoms with Crippen LogP contribution >= 0.6 is 11.5 Å². The van der Waals surface area contributed by atoms with Gasteiger partial charge >= 0.3 is 0 Å². The van der Waals surface area contributed by atoms with E-state index in [2.05, 4.69) is 9.36 Å². The van der Waals surface area contributed by atoms with Crippen molar-refractivity contribution in [3.63, 3.8) is 0 Å². The topological polar surface area (TPSA) is 47.8 Å². The standard InChI is InChI=1S/C14H17N3OS/c1-8-12-13(19-16-8)15-7-17(14(12)18)5-4-10-6-11(10)9-2-3-9/h7,9-11H,2-6H2,1H3/t10-,11+/m1/s1. The first-order valence-electron chi connectivity index (χ1n) is 7.05. The van der Waals surface area contributed by atoms with E-state index in [-0.39, 0.29) is 5.56 Å². The first kappa shape index (κ1) is 11.6. The summed E-state index contributed by atoms with van der Waals surface area (Å²) in [6.07, 6.45) is 7.08. The molecule has 2 saturated carbocycles. The summed E-state index contributed by atoms with van der Waals surface area (Å²) >= 11 is 1.31. The molecule has 100 valence electrons. The first-order valence-corrected chi connectivity index (χ1v) is 7.83. The summed E-state index contributed by atoms with van der Waals surface area (Å²) in [7, 11) is 0. The molecule has 19 heavy (non-hydrogen) atoms. The van der Waals surface area contributed by atoms with Crippen LogP contribution in [0.15, 0.2) is 11.1 Å². The third-order valence-electron chi connectivity index (χ3n) is 4.58. The predicted octanol–water partition coefficient (Wildman–Crippen LogP) is 2.60. The maximum absolute atomic E-state index is 12.4. The Bertz CT molecular complexity index is 686. The number of rotatable bonds is 4. The minimum Gasteiger partial charge on any atom is -0.299 e. The molecule has 0 aliphatic heterocycles. The van der Waals surface area contributed by atoms with Gasteiger partial charge in [-0.1, -0.05) is 0 Å². The van der Waals surface area contributed by atoms with Crippen molar-refractivity contribution in [2.75, 3.05) is 0 Å². The quantitative estimate of drug-likeness (QED) is 0.861. The van der Waals surface area contributed by atoms with E-state index in [9.17, 15) is 4.79 Å². The second-order valence-electron chi connectivity index (χ2n) is 5.98. The summed E-state index contributed by atoms with van der Waals surface area (Å²) in [5, 5.41) is 0.710. The zero-order valence-corrected chi connectivity index (χ0v) is 11.8. The van der Waals surface area contributed by atoms with Gasteiger partial charge in [-0.2, -0.15) is 4.37 Å². The highest BCUT2D eigenvalue weighted by molar-refractivity contribution is 7.12. The molecule has 2 atom stereocenters. The zero-order chi connectivity index (χ0) is 13.0. The summed E-state index contributed by atoms with van der Waals surface area (Å²) in [6.45, 7) is 2.70. The lowest BCUT2D eigenvalue weighted by molar-refractivity contribution is 0.528. The SMILES string of the molecule is Cc1nsc2ncn(CC[C@@H]3C[C@H]3C3CC3)c(=O)c12. The summed E-state index contributed by atoms with van der Waals surface area (Å²) in [5.74, 6) is 2.85. The second kappa shape index (κ2) is 4.13. The molecule has 0 saturated heterocycles. The Morgan fingerprint density at radius 2 is 2.32 bits per heavy atom. The van der Waals surface area contributed by atoms with Crippen LogP contribution in [0, 0.1) is 24.7 Å². The van der Waals surface area contributed by atoms with Crippen molar-refractivity contribution in [1.29, 1.82) is 0 Å². The van der Waals surface area contributed by atoms with Crippen LogP contribution in [0.5, 0.6) is 0 Å². The molecule has 2 aliphatic rings. The minimum atomic E-state index is 0.0832. The fourth-order valence-electron chi connectivity index (χ4n) is 3.18. The molecule has 4 rings (SSSR count). The van der Waals surface area contributed by atoms with Crippen LogP contribution in [0.3, 0.4) is 0 Å². The van der Waals surface area contributed by atoms with E-state index in [1.54, 1.807) is 10.9 Å². The van der Waals surface area contributed by atoms with E-state index >= 15 is 0 Å². The molecular formula is C14H17N3OS. The fraction of sp³-hybridized carbons (Fsp3) is 0.643. The largest absolute Gasteiger partial charge is 0.299 e. The van der Waals surface area contributed by atoms with Crippen LogP contribution in [-0.4, -0.2) is 13.9 Å². The van der Waals surface area contributed by atoms with Gasteiger partial charge in [-0.15, -0.1) is 0 Å². The van der Waals surface area contributed by atoms with Gasteiger partial charge in [0.05, 0.1) is 17.4 Å². The number of hydrogen-bond donors (Lipinski definition) is 0. The van der Waals surface area contributed by atoms with E-state index in [4.69, 9.17) is 0 Å². The van der Waals surface area contributed by atoms with Gasteiger partial charge in [0.2, 0.25) is 0 Å². The Hall–Kier alpha value is -1.23. The van der Waals surface area contributed by atoms with E-state index < -0.39 is 0 Å². The Morgan fingerprint density at radius 3 is 3.11 bits per heavy atom. The number of hydrogen-bond acceptors (Lipinski definition) is 4. The maximum atomic E-state index is 12.4. The maximum Gasteiger partial charge on any atom is 0.263 e. The van der Waals surface area contributed by atoms with Gasteiger partial charge in [-0.25, -0.2) is 4.98 Å². The van der Waals surface area contributed by atoms with Crippen molar-refractivity contribution < 1.29 is 0 Å². The molecule has 2 aromatic heterocycles. The van der Waals surface area contributed by atoms with Gasteiger partial charge < -0.3 is 0 Å². The van der Waals surface area contributed by atoms with Gasteiger partial charge in [0.1, 0.15) is 0 Å². The molecule has 0 bridgehead atoms. The molecule has 0 spiro atoms. The van der Waals surface area contributed by atoms with Gasteiger partial charge in [0.15, 0.2) is 4.83 Å². The monoisotopic (exact) mass is 275 g/mol. The van der Waals surface area contributed by atoms with Crippen molar-refractivity contribution in [1.82, 2.24) is 13.9 Å². The molecule has 5 heteroatoms. The van der Waals surface area contributed by atoms with Gasteiger partial charge in [0, 0.05) is 6.54 Å². The van der Waals surface area contributed by atoms with Gasteiger partial charge in [-0.3, -0.25) is 9.36 Å². The highest BCUT2D eigenvalue weighted by Crippen LogP contribution is 2.55. The fourth-order valence-corrected chi connectivity index (χ4v) is 3.91. The first-order chi connectivity index (χ1) is 9.24. The molecule has 2 aromatic rings. The summed E-state index contributed by atoms with van der Waals surface area (Å²) < 4.78 is 5.98. The van der Waals surface area contributed by atoms with Crippen LogP contribution in [-0.2, 0) is 6.54 Å². The van der Waals surface area contributed by atoms with E-state index in [1.165, 1.54) is 30.8 Å². The summed E-state index contributed by atoms with van der Waals surface area (Å²) in [6, 6.07) is 0. The van der Waals surface area contributed by atoms with Crippen LogP contribution in [0.4, 0.5) is 0 Å². The van der Waals surface area contributed by atoms with Crippen LogP contribution in [0.1, 0.15) is 31.4 Å². The number of nitrogens with zero attached hydrogens (tertiary/aromatic N) is 3. The molecule has 2 fully saturated rings. The summed E-state index contributed by atoms with van der Waals surface area (Å²) in [4.78, 5) is 17.5. The van der Waals surface area contributed by atoms with Gasteiger partial charge in [0.25, 0.3) is 5.56 Å². The lowest BCUT2D eigenvalue weighted by atomic mass is 10.2. The van der Waals surface area contributed by atoms with Crippen molar-refractivity contribution in [2.24, 2.45) is 17.8 Å². The molecule has 0 amide bonds. The lowest BCUT2D eigenvalue weighted by Crippen LogP contribution is -2.21. The lowest BCUT2D eigenvalue weighted by Gasteiger charge is -2.04. The predicted molar refractivity (Wildman–Crippen MR) is 75.4 cm³/mol. The number of fused-ring (bicyclic) bond motifs is 1. The molecular weight excluding hydrogens is 258 g/mol. The van der Waals surface area contributed by atoms with E-state index in [0.717, 1.165) is 41.2 Å². The number of aryl methyl sites for hydroxylation is 2. The average Bonchev–Trinajstić information content (AvgIpc) is 3.28. The molecule has 2 aliphatic carbocycles. The Kier molecular flexibility index (Phi) is 2.52. The molecule has 0 radical (unpaired) electrons. The summed E-state index contributed by atoms with van der Waals surface area (Å²) in [5.41, 5.74) is 0.897. The second-order valence-corrected chi connectivity index (χ2v) is 6.73. The van der Waals surface area contributed by atoms with Crippen LogP contribution in [0.2, 0.25) is 0 Å². The average molecular weight is 275 g/mol. The highest BCUT2D eigenvalue weighted by atomic mass is 32.1. The Morgan fingerprint density at radius 1 is 1.47 bits per heavy atom. The van der Waals surface area contributed by atoms with Crippen LogP contribution in [0.25, 0.3) is 10.2 Å². The number of aromatic nitrogens is 3. The normalized spacial score (nSPS) is 25.9. The third-order valence-corrected chi connectivity index (χ3v) is 5.43. The van der Waals surface area contributed by atoms with Crippen LogP contribution < -0.4 is 5.56 Å². The molecule has 0 unspecified atom stereocenters. The highest BCUT2D eigenvalue weighted by Gasteiger charge is 2.46. The van der Waals surface area contributed by atoms with Crippen molar-refractivity contribution in [2.45, 2.75) is 39.2 Å². The van der Waals surface area contributed by atoms with Gasteiger partial charge in [-0.05, 0) is 61.9 Å². The molecule has 0 N–H and O–H groups in total. The van der Waals surface area contributed by atoms with Crippen molar-refractivity contribution in [3.05, 3.63) is 22.4 Å². The van der Waals surface area contributed by atoms with Crippen molar-refractivity contribution >= 4 is 21.7 Å². The minimum absolute atomic E-state index is 0.0832. The Labute approximate surface area is 115 Å². The zero-order valence-electron chi connectivity index (χ0n) is 11.0. The smallest absolute Gasteiger partial charge is 0.263 e. The van der Waals surface area contributed by atoms with Crippen molar-refractivity contribution in [3.8, 4) is 0 Å². The molecule has 0 aromatic carbocycles. The van der Waals surface area contributed by atoms with E-state index in [0.29, 0.717) is 5.39 Å². The molecule has 2 heterocycles. The third kappa shape index (κ3) is 2.00. The van der Waals surface area contributed by atoms with E-state index in [1.807, 2.05) is 6.92 Å². The Balaban J connectivity index is 1.53. The molecule has 4 nitrogen and oxygen atoms in total.